The maximum Gasteiger partial charge on any atom is 0.0317 e. The second-order valence-corrected chi connectivity index (χ2v) is 4.71. The average Bonchev–Trinajstić information content (AvgIpc) is 2.75. The molecule has 2 aliphatic rings. The van der Waals surface area contributed by atoms with Crippen LogP contribution in [0.2, 0.25) is 0 Å². The quantitative estimate of drug-likeness (QED) is 0.683. The van der Waals surface area contributed by atoms with Gasteiger partial charge in [-0.05, 0) is 35.6 Å². The SMILES string of the molecule is CC1CC1N1Cc2ccc(N)cc2C1. The highest BCUT2D eigenvalue weighted by Crippen LogP contribution is 2.39. The van der Waals surface area contributed by atoms with Crippen molar-refractivity contribution in [1.82, 2.24) is 4.90 Å². The van der Waals surface area contributed by atoms with E-state index >= 15 is 0 Å². The molecule has 0 aromatic heterocycles. The maximum absolute atomic E-state index is 5.78. The van der Waals surface area contributed by atoms with Crippen LogP contribution in [0, 0.1) is 5.92 Å². The number of fused-ring (bicyclic) bond motifs is 1. The molecule has 1 aromatic rings. The summed E-state index contributed by atoms with van der Waals surface area (Å²) in [6, 6.07) is 7.15. The summed E-state index contributed by atoms with van der Waals surface area (Å²) in [5, 5.41) is 0. The van der Waals surface area contributed by atoms with Crippen molar-refractivity contribution < 1.29 is 0 Å². The van der Waals surface area contributed by atoms with Gasteiger partial charge in [0.05, 0.1) is 0 Å². The van der Waals surface area contributed by atoms with Gasteiger partial charge in [0.25, 0.3) is 0 Å². The van der Waals surface area contributed by atoms with E-state index in [-0.39, 0.29) is 0 Å². The van der Waals surface area contributed by atoms with Crippen molar-refractivity contribution in [2.75, 3.05) is 5.73 Å². The number of hydrogen-bond donors (Lipinski definition) is 1. The van der Waals surface area contributed by atoms with Crippen molar-refractivity contribution in [3.8, 4) is 0 Å². The highest BCUT2D eigenvalue weighted by Gasteiger charge is 2.39. The standard InChI is InChI=1S/C12H16N2/c1-8-4-12(8)14-6-9-2-3-11(13)5-10(9)7-14/h2-3,5,8,12H,4,6-7,13H2,1H3. The molecule has 1 saturated carbocycles. The molecule has 1 aliphatic heterocycles. The first kappa shape index (κ1) is 8.30. The van der Waals surface area contributed by atoms with Crippen LogP contribution < -0.4 is 5.73 Å². The minimum absolute atomic E-state index is 0.837. The van der Waals surface area contributed by atoms with Crippen LogP contribution in [0.25, 0.3) is 0 Å². The van der Waals surface area contributed by atoms with Crippen LogP contribution >= 0.6 is 0 Å². The third-order valence-corrected chi connectivity index (χ3v) is 3.51. The van der Waals surface area contributed by atoms with Crippen molar-refractivity contribution in [1.29, 1.82) is 0 Å². The monoisotopic (exact) mass is 188 g/mol. The molecule has 0 radical (unpaired) electrons. The van der Waals surface area contributed by atoms with E-state index in [1.54, 1.807) is 0 Å². The minimum Gasteiger partial charge on any atom is -0.399 e. The number of benzene rings is 1. The zero-order valence-corrected chi connectivity index (χ0v) is 8.53. The van der Waals surface area contributed by atoms with Gasteiger partial charge in [-0.2, -0.15) is 0 Å². The summed E-state index contributed by atoms with van der Waals surface area (Å²) in [7, 11) is 0. The largest absolute Gasteiger partial charge is 0.399 e. The summed E-state index contributed by atoms with van der Waals surface area (Å²) < 4.78 is 0. The second kappa shape index (κ2) is 2.74. The van der Waals surface area contributed by atoms with Crippen LogP contribution in [-0.2, 0) is 13.1 Å². The van der Waals surface area contributed by atoms with Gasteiger partial charge < -0.3 is 5.73 Å². The molecule has 14 heavy (non-hydrogen) atoms. The summed E-state index contributed by atoms with van der Waals surface area (Å²) in [6.07, 6.45) is 1.38. The molecule has 0 bridgehead atoms. The van der Waals surface area contributed by atoms with Gasteiger partial charge in [-0.3, -0.25) is 4.90 Å². The van der Waals surface area contributed by atoms with E-state index in [1.807, 2.05) is 6.07 Å². The number of anilines is 1. The van der Waals surface area contributed by atoms with Crippen molar-refractivity contribution in [2.24, 2.45) is 5.92 Å². The van der Waals surface area contributed by atoms with Gasteiger partial charge in [0.1, 0.15) is 0 Å². The van der Waals surface area contributed by atoms with E-state index in [9.17, 15) is 0 Å². The Labute approximate surface area is 84.7 Å². The van der Waals surface area contributed by atoms with Crippen LogP contribution in [0.5, 0.6) is 0 Å². The lowest BCUT2D eigenvalue weighted by Crippen LogP contribution is -2.19. The van der Waals surface area contributed by atoms with Gasteiger partial charge in [-0.15, -0.1) is 0 Å². The Morgan fingerprint density at radius 1 is 1.29 bits per heavy atom. The molecule has 2 atom stereocenters. The number of nitrogens with two attached hydrogens (primary N) is 1. The van der Waals surface area contributed by atoms with Crippen LogP contribution in [0.1, 0.15) is 24.5 Å². The highest BCUT2D eigenvalue weighted by atomic mass is 15.2. The summed E-state index contributed by atoms with van der Waals surface area (Å²) in [5.74, 6) is 0.904. The molecule has 1 heterocycles. The molecule has 2 heteroatoms. The summed E-state index contributed by atoms with van der Waals surface area (Å²) >= 11 is 0. The first-order valence-electron chi connectivity index (χ1n) is 5.35. The van der Waals surface area contributed by atoms with Crippen LogP contribution in [-0.4, -0.2) is 10.9 Å². The van der Waals surface area contributed by atoms with E-state index < -0.39 is 0 Å². The molecule has 1 aromatic carbocycles. The van der Waals surface area contributed by atoms with E-state index in [0.29, 0.717) is 0 Å². The highest BCUT2D eigenvalue weighted by molar-refractivity contribution is 5.46. The number of nitrogen functional groups attached to an aromatic ring is 1. The van der Waals surface area contributed by atoms with Crippen molar-refractivity contribution >= 4 is 5.69 Å². The fraction of sp³-hybridized carbons (Fsp3) is 0.500. The Bertz CT molecular complexity index is 373. The fourth-order valence-corrected chi connectivity index (χ4v) is 2.49. The molecular weight excluding hydrogens is 172 g/mol. The zero-order chi connectivity index (χ0) is 9.71. The molecule has 74 valence electrons. The second-order valence-electron chi connectivity index (χ2n) is 4.71. The lowest BCUT2D eigenvalue weighted by Gasteiger charge is -2.13. The van der Waals surface area contributed by atoms with Gasteiger partial charge in [0, 0.05) is 24.8 Å². The third kappa shape index (κ3) is 1.22. The average molecular weight is 188 g/mol. The number of hydrogen-bond acceptors (Lipinski definition) is 2. The van der Waals surface area contributed by atoms with Crippen LogP contribution in [0.4, 0.5) is 5.69 Å². The van der Waals surface area contributed by atoms with Gasteiger partial charge in [0.2, 0.25) is 0 Å². The third-order valence-electron chi connectivity index (χ3n) is 3.51. The molecule has 1 fully saturated rings. The van der Waals surface area contributed by atoms with E-state index in [1.165, 1.54) is 17.5 Å². The topological polar surface area (TPSA) is 29.3 Å². The van der Waals surface area contributed by atoms with Gasteiger partial charge in [0.15, 0.2) is 0 Å². The van der Waals surface area contributed by atoms with Gasteiger partial charge >= 0.3 is 0 Å². The molecule has 1 aliphatic carbocycles. The molecule has 0 saturated heterocycles. The van der Waals surface area contributed by atoms with Crippen LogP contribution in [0.15, 0.2) is 18.2 Å². The lowest BCUT2D eigenvalue weighted by molar-refractivity contribution is 0.262. The van der Waals surface area contributed by atoms with E-state index in [2.05, 4.69) is 24.0 Å². The first-order valence-corrected chi connectivity index (χ1v) is 5.35. The predicted octanol–water partition coefficient (Wildman–Crippen LogP) is 1.99. The van der Waals surface area contributed by atoms with E-state index in [4.69, 9.17) is 5.73 Å². The van der Waals surface area contributed by atoms with Crippen molar-refractivity contribution in [3.05, 3.63) is 29.3 Å². The Kier molecular flexibility index (Phi) is 1.62. The summed E-state index contributed by atoms with van der Waals surface area (Å²) in [6.45, 7) is 4.57. The van der Waals surface area contributed by atoms with Gasteiger partial charge in [-0.1, -0.05) is 13.0 Å². The summed E-state index contributed by atoms with van der Waals surface area (Å²) in [4.78, 5) is 2.58. The Morgan fingerprint density at radius 3 is 2.71 bits per heavy atom. The van der Waals surface area contributed by atoms with Crippen molar-refractivity contribution in [2.45, 2.75) is 32.5 Å². The van der Waals surface area contributed by atoms with Gasteiger partial charge in [-0.25, -0.2) is 0 Å². The fourth-order valence-electron chi connectivity index (χ4n) is 2.49. The number of rotatable bonds is 1. The van der Waals surface area contributed by atoms with Crippen molar-refractivity contribution in [3.63, 3.8) is 0 Å². The molecule has 0 amide bonds. The molecular formula is C12H16N2. The molecule has 3 rings (SSSR count). The molecule has 2 nitrogen and oxygen atoms in total. The predicted molar refractivity (Wildman–Crippen MR) is 57.7 cm³/mol. The first-order chi connectivity index (χ1) is 6.74. The molecule has 2 unspecified atom stereocenters. The molecule has 0 spiro atoms. The maximum atomic E-state index is 5.78. The number of nitrogens with zero attached hydrogens (tertiary/aromatic N) is 1. The summed E-state index contributed by atoms with van der Waals surface area (Å²) in [5.41, 5.74) is 9.58. The van der Waals surface area contributed by atoms with Crippen LogP contribution in [0.3, 0.4) is 0 Å². The minimum atomic E-state index is 0.837. The Morgan fingerprint density at radius 2 is 2.00 bits per heavy atom. The Balaban J connectivity index is 1.83. The lowest BCUT2D eigenvalue weighted by atomic mass is 10.1. The van der Waals surface area contributed by atoms with E-state index in [0.717, 1.165) is 30.7 Å². The Hall–Kier alpha value is -1.02. The normalized spacial score (nSPS) is 30.4. The smallest absolute Gasteiger partial charge is 0.0317 e. The molecule has 2 N–H and O–H groups in total. The zero-order valence-electron chi connectivity index (χ0n) is 8.53.